The van der Waals surface area contributed by atoms with Gasteiger partial charge in [0, 0.05) is 0 Å². The third-order valence-corrected chi connectivity index (χ3v) is 6.40. The van der Waals surface area contributed by atoms with E-state index in [2.05, 4.69) is 32.0 Å². The van der Waals surface area contributed by atoms with Crippen LogP contribution in [0.15, 0.2) is 24.3 Å². The molecule has 3 nitrogen and oxygen atoms in total. The zero-order chi connectivity index (χ0) is 17.4. The Morgan fingerprint density at radius 3 is 2.79 bits per heavy atom. The van der Waals surface area contributed by atoms with Gasteiger partial charge in [0.2, 0.25) is 0 Å². The highest BCUT2D eigenvalue weighted by molar-refractivity contribution is 5.77. The first-order valence-corrected chi connectivity index (χ1v) is 8.79. The SMILES string of the molecule is COC(=O)[C@]1(C)CCC[C@@]2(C)c3ccc(/C=C/C=O)cc3CC[C@H]12. The second-order valence-corrected chi connectivity index (χ2v) is 7.68. The van der Waals surface area contributed by atoms with Crippen molar-refractivity contribution >= 4 is 18.3 Å². The van der Waals surface area contributed by atoms with Gasteiger partial charge in [0.15, 0.2) is 0 Å². The molecule has 128 valence electrons. The Morgan fingerprint density at radius 1 is 1.29 bits per heavy atom. The van der Waals surface area contributed by atoms with E-state index >= 15 is 0 Å². The number of hydrogen-bond donors (Lipinski definition) is 0. The average molecular weight is 326 g/mol. The van der Waals surface area contributed by atoms with E-state index in [1.807, 2.05) is 6.08 Å². The summed E-state index contributed by atoms with van der Waals surface area (Å²) in [6, 6.07) is 6.48. The molecule has 0 N–H and O–H groups in total. The molecule has 3 rings (SSSR count). The normalized spacial score (nSPS) is 32.0. The smallest absolute Gasteiger partial charge is 0.311 e. The van der Waals surface area contributed by atoms with Crippen LogP contribution >= 0.6 is 0 Å². The van der Waals surface area contributed by atoms with E-state index in [-0.39, 0.29) is 11.4 Å². The van der Waals surface area contributed by atoms with Gasteiger partial charge in [0.25, 0.3) is 0 Å². The maximum Gasteiger partial charge on any atom is 0.311 e. The third-order valence-electron chi connectivity index (χ3n) is 6.40. The Morgan fingerprint density at radius 2 is 2.08 bits per heavy atom. The third kappa shape index (κ3) is 2.51. The van der Waals surface area contributed by atoms with Crippen molar-refractivity contribution in [1.82, 2.24) is 0 Å². The quantitative estimate of drug-likeness (QED) is 0.477. The highest BCUT2D eigenvalue weighted by atomic mass is 16.5. The maximum atomic E-state index is 12.5. The fourth-order valence-electron chi connectivity index (χ4n) is 5.24. The molecule has 3 heteroatoms. The lowest BCUT2D eigenvalue weighted by Gasteiger charge is -2.54. The molecular weight excluding hydrogens is 300 g/mol. The van der Waals surface area contributed by atoms with Crippen LogP contribution in [0.3, 0.4) is 0 Å². The monoisotopic (exact) mass is 326 g/mol. The summed E-state index contributed by atoms with van der Waals surface area (Å²) in [6.45, 7) is 4.41. The minimum Gasteiger partial charge on any atom is -0.469 e. The molecule has 24 heavy (non-hydrogen) atoms. The number of esters is 1. The van der Waals surface area contributed by atoms with Gasteiger partial charge in [0.05, 0.1) is 12.5 Å². The summed E-state index contributed by atoms with van der Waals surface area (Å²) >= 11 is 0. The van der Waals surface area contributed by atoms with Crippen molar-refractivity contribution in [3.63, 3.8) is 0 Å². The van der Waals surface area contributed by atoms with E-state index in [0.29, 0.717) is 5.92 Å². The molecule has 0 aliphatic heterocycles. The summed E-state index contributed by atoms with van der Waals surface area (Å²) in [5.41, 5.74) is 3.42. The predicted octanol–water partition coefficient (Wildman–Crippen LogP) is 4.08. The number of benzene rings is 1. The second kappa shape index (κ2) is 6.19. The number of carbonyl (C=O) groups excluding carboxylic acids is 2. The van der Waals surface area contributed by atoms with Crippen molar-refractivity contribution in [2.75, 3.05) is 7.11 Å². The number of ether oxygens (including phenoxy) is 1. The first kappa shape index (κ1) is 16.9. The minimum absolute atomic E-state index is 0.0156. The van der Waals surface area contributed by atoms with E-state index in [0.717, 1.165) is 44.0 Å². The number of allylic oxidation sites excluding steroid dienone is 1. The molecule has 0 spiro atoms. The lowest BCUT2D eigenvalue weighted by atomic mass is 9.50. The Hall–Kier alpha value is -1.90. The summed E-state index contributed by atoms with van der Waals surface area (Å²) in [5.74, 6) is 0.252. The van der Waals surface area contributed by atoms with E-state index in [4.69, 9.17) is 4.74 Å². The largest absolute Gasteiger partial charge is 0.469 e. The van der Waals surface area contributed by atoms with Crippen molar-refractivity contribution in [2.45, 2.75) is 51.4 Å². The van der Waals surface area contributed by atoms with Gasteiger partial charge < -0.3 is 4.74 Å². The minimum atomic E-state index is -0.393. The number of fused-ring (bicyclic) bond motifs is 3. The molecular formula is C21H26O3. The number of carbonyl (C=O) groups is 2. The average Bonchev–Trinajstić information content (AvgIpc) is 2.58. The predicted molar refractivity (Wildman–Crippen MR) is 94.7 cm³/mol. The van der Waals surface area contributed by atoms with Crippen molar-refractivity contribution in [3.05, 3.63) is 41.0 Å². The second-order valence-electron chi connectivity index (χ2n) is 7.68. The maximum absolute atomic E-state index is 12.5. The fraction of sp³-hybridized carbons (Fsp3) is 0.524. The summed E-state index contributed by atoms with van der Waals surface area (Å²) in [6.07, 6.45) is 9.24. The van der Waals surface area contributed by atoms with Gasteiger partial charge in [-0.05, 0) is 66.7 Å². The van der Waals surface area contributed by atoms with Crippen LogP contribution in [0.2, 0.25) is 0 Å². The number of aryl methyl sites for hydroxylation is 1. The van der Waals surface area contributed by atoms with Crippen LogP contribution in [0.25, 0.3) is 6.08 Å². The van der Waals surface area contributed by atoms with Crippen LogP contribution in [0.5, 0.6) is 0 Å². The van der Waals surface area contributed by atoms with Gasteiger partial charge in [-0.25, -0.2) is 0 Å². The molecule has 2 aliphatic rings. The first-order chi connectivity index (χ1) is 11.5. The molecule has 0 bridgehead atoms. The number of rotatable bonds is 3. The summed E-state index contributed by atoms with van der Waals surface area (Å²) in [7, 11) is 1.50. The van der Waals surface area contributed by atoms with Crippen molar-refractivity contribution in [1.29, 1.82) is 0 Å². The van der Waals surface area contributed by atoms with E-state index < -0.39 is 5.41 Å². The van der Waals surface area contributed by atoms with Crippen LogP contribution in [-0.4, -0.2) is 19.4 Å². The van der Waals surface area contributed by atoms with E-state index in [9.17, 15) is 9.59 Å². The van der Waals surface area contributed by atoms with Crippen LogP contribution in [-0.2, 0) is 26.2 Å². The number of methoxy groups -OCH3 is 1. The topological polar surface area (TPSA) is 43.4 Å². The highest BCUT2D eigenvalue weighted by Crippen LogP contribution is 2.57. The summed E-state index contributed by atoms with van der Waals surface area (Å²) in [5, 5.41) is 0. The lowest BCUT2D eigenvalue weighted by molar-refractivity contribution is -0.161. The molecule has 1 fully saturated rings. The zero-order valence-corrected chi connectivity index (χ0v) is 14.8. The summed E-state index contributed by atoms with van der Waals surface area (Å²) in [4.78, 5) is 23.0. The Labute approximate surface area is 144 Å². The molecule has 1 aromatic carbocycles. The van der Waals surface area contributed by atoms with Crippen molar-refractivity contribution in [2.24, 2.45) is 11.3 Å². The van der Waals surface area contributed by atoms with Gasteiger partial charge in [-0.1, -0.05) is 37.6 Å². The molecule has 3 atom stereocenters. The lowest BCUT2D eigenvalue weighted by Crippen LogP contribution is -2.52. The molecule has 0 unspecified atom stereocenters. The standard InChI is InChI=1S/C21H26O3/c1-20-11-5-12-21(2,19(23)24-3)18(20)10-8-16-14-15(6-4-13-22)7-9-17(16)20/h4,6-7,9,13-14,18H,5,8,10-12H2,1-3H3/b6-4+/t18-,20-,21+/m0/s1. The van der Waals surface area contributed by atoms with Gasteiger partial charge in [0.1, 0.15) is 6.29 Å². The fourth-order valence-corrected chi connectivity index (χ4v) is 5.24. The number of aldehydes is 1. The molecule has 1 aromatic rings. The molecule has 0 radical (unpaired) electrons. The van der Waals surface area contributed by atoms with E-state index in [1.165, 1.54) is 24.3 Å². The summed E-state index contributed by atoms with van der Waals surface area (Å²) < 4.78 is 5.16. The van der Waals surface area contributed by atoms with Crippen LogP contribution in [0.1, 0.15) is 56.2 Å². The molecule has 0 saturated heterocycles. The van der Waals surface area contributed by atoms with Crippen LogP contribution < -0.4 is 0 Å². The molecule has 0 heterocycles. The Bertz CT molecular complexity index is 690. The number of hydrogen-bond acceptors (Lipinski definition) is 3. The van der Waals surface area contributed by atoms with Crippen LogP contribution in [0.4, 0.5) is 0 Å². The van der Waals surface area contributed by atoms with Crippen LogP contribution in [0, 0.1) is 11.3 Å². The van der Waals surface area contributed by atoms with Crippen molar-refractivity contribution < 1.29 is 14.3 Å². The zero-order valence-electron chi connectivity index (χ0n) is 14.8. The Balaban J connectivity index is 2.03. The van der Waals surface area contributed by atoms with Gasteiger partial charge in [-0.15, -0.1) is 0 Å². The molecule has 1 saturated carbocycles. The van der Waals surface area contributed by atoms with Crippen molar-refractivity contribution in [3.8, 4) is 0 Å². The van der Waals surface area contributed by atoms with Gasteiger partial charge >= 0.3 is 5.97 Å². The Kier molecular flexibility index (Phi) is 4.37. The molecule has 0 aromatic heterocycles. The first-order valence-electron chi connectivity index (χ1n) is 8.79. The van der Waals surface area contributed by atoms with Gasteiger partial charge in [-0.2, -0.15) is 0 Å². The molecule has 0 amide bonds. The molecule has 2 aliphatic carbocycles. The highest BCUT2D eigenvalue weighted by Gasteiger charge is 2.55. The van der Waals surface area contributed by atoms with Gasteiger partial charge in [-0.3, -0.25) is 9.59 Å². The van der Waals surface area contributed by atoms with E-state index in [1.54, 1.807) is 0 Å².